The molecular formula is C42H86N3O2+. The second kappa shape index (κ2) is 36.2. The first-order valence-electron chi connectivity index (χ1n) is 21.3. The van der Waals surface area contributed by atoms with Gasteiger partial charge >= 0.3 is 0 Å². The summed E-state index contributed by atoms with van der Waals surface area (Å²) in [6.07, 6.45) is 41.7. The lowest BCUT2D eigenvalue weighted by molar-refractivity contribution is -0.887. The predicted octanol–water partition coefficient (Wildman–Crippen LogP) is 11.8. The molecule has 0 fully saturated rings. The molecule has 0 bridgehead atoms. The topological polar surface area (TPSA) is 58.2 Å². The average Bonchev–Trinajstić information content (AvgIpc) is 3.04. The zero-order valence-corrected chi connectivity index (χ0v) is 32.7. The second-order valence-electron chi connectivity index (χ2n) is 15.5. The maximum Gasteiger partial charge on any atom is 0.220 e. The summed E-state index contributed by atoms with van der Waals surface area (Å²) in [7, 11) is 4.36. The molecule has 0 aliphatic heterocycles. The van der Waals surface area contributed by atoms with Crippen LogP contribution in [0.5, 0.6) is 0 Å². The molecular weight excluding hydrogens is 578 g/mol. The van der Waals surface area contributed by atoms with Crippen molar-refractivity contribution in [3.05, 3.63) is 0 Å². The van der Waals surface area contributed by atoms with E-state index >= 15 is 0 Å². The number of nitrogens with zero attached hydrogens (tertiary/aromatic N) is 1. The Labute approximate surface area is 295 Å². The van der Waals surface area contributed by atoms with Gasteiger partial charge in [-0.15, -0.1) is 0 Å². The molecule has 2 N–H and O–H groups in total. The SMILES string of the molecule is CCCCCCCCCCCCCCCCCC(=O)NCC[N+](C)(C)CCNC(=O)CCCCCCCCCCCCCCCCC. The summed E-state index contributed by atoms with van der Waals surface area (Å²) < 4.78 is 0.804. The fourth-order valence-corrected chi connectivity index (χ4v) is 6.60. The minimum Gasteiger partial charge on any atom is -0.350 e. The van der Waals surface area contributed by atoms with E-state index in [0.29, 0.717) is 25.9 Å². The number of quaternary nitrogens is 1. The molecule has 280 valence electrons. The number of carbonyl (C=O) groups excluding carboxylic acids is 2. The molecule has 0 saturated carbocycles. The summed E-state index contributed by atoms with van der Waals surface area (Å²) >= 11 is 0. The Bertz CT molecular complexity index is 612. The highest BCUT2D eigenvalue weighted by atomic mass is 16.2. The van der Waals surface area contributed by atoms with Crippen molar-refractivity contribution in [2.24, 2.45) is 0 Å². The van der Waals surface area contributed by atoms with Crippen LogP contribution in [0.1, 0.15) is 219 Å². The standard InChI is InChI=1S/C42H85N3O2/c1-5-7-9-11-13-15-17-19-21-23-25-27-29-31-33-35-41(46)43-37-39-45(3,4)40-38-44-42(47)36-34-32-30-28-26-24-22-20-18-16-14-12-10-8-6-2/h5-40H2,1-4H3,(H-,43,44,46,47)/p+1. The van der Waals surface area contributed by atoms with Crippen molar-refractivity contribution >= 4 is 11.8 Å². The molecule has 0 aromatic carbocycles. The van der Waals surface area contributed by atoms with Crippen LogP contribution in [-0.2, 0) is 9.59 Å². The van der Waals surface area contributed by atoms with Crippen LogP contribution in [0.2, 0.25) is 0 Å². The van der Waals surface area contributed by atoms with Gasteiger partial charge < -0.3 is 15.1 Å². The third-order valence-electron chi connectivity index (χ3n) is 10.1. The number of hydrogen-bond donors (Lipinski definition) is 2. The van der Waals surface area contributed by atoms with Gasteiger partial charge in [0.05, 0.1) is 40.3 Å². The van der Waals surface area contributed by atoms with Crippen LogP contribution in [0.15, 0.2) is 0 Å². The van der Waals surface area contributed by atoms with Gasteiger partial charge in [0.1, 0.15) is 0 Å². The fourth-order valence-electron chi connectivity index (χ4n) is 6.60. The van der Waals surface area contributed by atoms with E-state index in [1.165, 1.54) is 180 Å². The molecule has 0 aromatic rings. The largest absolute Gasteiger partial charge is 0.350 e. The number of unbranched alkanes of at least 4 members (excludes halogenated alkanes) is 28. The minimum atomic E-state index is 0.191. The Balaban J connectivity index is 3.47. The van der Waals surface area contributed by atoms with Crippen molar-refractivity contribution in [2.75, 3.05) is 40.3 Å². The Kier molecular flexibility index (Phi) is 35.3. The molecule has 0 heterocycles. The monoisotopic (exact) mass is 665 g/mol. The number of hydrogen-bond acceptors (Lipinski definition) is 2. The molecule has 0 aromatic heterocycles. The molecule has 5 nitrogen and oxygen atoms in total. The van der Waals surface area contributed by atoms with Gasteiger partial charge in [0, 0.05) is 12.8 Å². The van der Waals surface area contributed by atoms with E-state index < -0.39 is 0 Å². The van der Waals surface area contributed by atoms with Crippen molar-refractivity contribution in [2.45, 2.75) is 219 Å². The van der Waals surface area contributed by atoms with Gasteiger partial charge in [0.25, 0.3) is 0 Å². The maximum atomic E-state index is 12.3. The summed E-state index contributed by atoms with van der Waals surface area (Å²) in [5, 5.41) is 6.23. The molecule has 0 rings (SSSR count). The van der Waals surface area contributed by atoms with E-state index in [9.17, 15) is 9.59 Å². The summed E-state index contributed by atoms with van der Waals surface area (Å²) in [6, 6.07) is 0. The Morgan fingerprint density at radius 3 is 0.809 bits per heavy atom. The molecule has 0 aliphatic rings. The first-order valence-corrected chi connectivity index (χ1v) is 21.3. The van der Waals surface area contributed by atoms with E-state index in [1.807, 2.05) is 0 Å². The summed E-state index contributed by atoms with van der Waals surface area (Å²) in [4.78, 5) is 24.5. The summed E-state index contributed by atoms with van der Waals surface area (Å²) in [5.74, 6) is 0.382. The minimum absolute atomic E-state index is 0.191. The highest BCUT2D eigenvalue weighted by Gasteiger charge is 2.15. The van der Waals surface area contributed by atoms with Gasteiger partial charge in [-0.1, -0.05) is 194 Å². The lowest BCUT2D eigenvalue weighted by atomic mass is 10.0. The van der Waals surface area contributed by atoms with Gasteiger partial charge in [-0.05, 0) is 12.8 Å². The first-order chi connectivity index (χ1) is 22.9. The highest BCUT2D eigenvalue weighted by molar-refractivity contribution is 5.76. The fraction of sp³-hybridized carbons (Fsp3) is 0.952. The number of carbonyl (C=O) groups is 2. The molecule has 0 saturated heterocycles. The van der Waals surface area contributed by atoms with E-state index in [2.05, 4.69) is 38.6 Å². The van der Waals surface area contributed by atoms with E-state index in [0.717, 1.165) is 30.4 Å². The summed E-state index contributed by atoms with van der Waals surface area (Å²) in [6.45, 7) is 7.76. The molecule has 0 unspecified atom stereocenters. The normalized spacial score (nSPS) is 11.7. The molecule has 0 spiro atoms. The van der Waals surface area contributed by atoms with Crippen LogP contribution in [-0.4, -0.2) is 56.6 Å². The molecule has 2 amide bonds. The number of likely N-dealkylation sites (N-methyl/N-ethyl adjacent to an activating group) is 1. The van der Waals surface area contributed by atoms with Crippen LogP contribution in [0, 0.1) is 0 Å². The van der Waals surface area contributed by atoms with E-state index in [1.54, 1.807) is 0 Å². The van der Waals surface area contributed by atoms with Crippen LogP contribution in [0.3, 0.4) is 0 Å². The van der Waals surface area contributed by atoms with Crippen molar-refractivity contribution in [1.29, 1.82) is 0 Å². The van der Waals surface area contributed by atoms with Gasteiger partial charge in [-0.3, -0.25) is 9.59 Å². The molecule has 0 aliphatic carbocycles. The van der Waals surface area contributed by atoms with Crippen LogP contribution in [0.25, 0.3) is 0 Å². The number of amides is 2. The van der Waals surface area contributed by atoms with Crippen molar-refractivity contribution in [3.63, 3.8) is 0 Å². The van der Waals surface area contributed by atoms with E-state index in [4.69, 9.17) is 0 Å². The smallest absolute Gasteiger partial charge is 0.220 e. The highest BCUT2D eigenvalue weighted by Crippen LogP contribution is 2.15. The lowest BCUT2D eigenvalue weighted by Gasteiger charge is -2.30. The molecule has 0 atom stereocenters. The zero-order valence-electron chi connectivity index (χ0n) is 32.7. The average molecular weight is 665 g/mol. The third kappa shape index (κ3) is 37.6. The molecule has 0 radical (unpaired) electrons. The first kappa shape index (κ1) is 45.9. The van der Waals surface area contributed by atoms with E-state index in [-0.39, 0.29) is 11.8 Å². The Morgan fingerprint density at radius 2 is 0.574 bits per heavy atom. The van der Waals surface area contributed by atoms with Gasteiger partial charge in [0.2, 0.25) is 11.8 Å². The van der Waals surface area contributed by atoms with Gasteiger partial charge in [-0.2, -0.15) is 0 Å². The van der Waals surface area contributed by atoms with Crippen LogP contribution in [0.4, 0.5) is 0 Å². The second-order valence-corrected chi connectivity index (χ2v) is 15.5. The van der Waals surface area contributed by atoms with Crippen molar-refractivity contribution in [1.82, 2.24) is 10.6 Å². The van der Waals surface area contributed by atoms with Crippen LogP contribution >= 0.6 is 0 Å². The van der Waals surface area contributed by atoms with Crippen LogP contribution < -0.4 is 10.6 Å². The lowest BCUT2D eigenvalue weighted by Crippen LogP contribution is -2.49. The predicted molar refractivity (Wildman–Crippen MR) is 207 cm³/mol. The third-order valence-corrected chi connectivity index (χ3v) is 10.1. The Hall–Kier alpha value is -1.10. The number of rotatable bonds is 38. The van der Waals surface area contributed by atoms with Gasteiger partial charge in [0.15, 0.2) is 0 Å². The van der Waals surface area contributed by atoms with Gasteiger partial charge in [-0.25, -0.2) is 0 Å². The molecule has 5 heteroatoms. The number of nitrogens with one attached hydrogen (secondary N) is 2. The quantitative estimate of drug-likeness (QED) is 0.0510. The molecule has 47 heavy (non-hydrogen) atoms. The Morgan fingerprint density at radius 1 is 0.362 bits per heavy atom. The summed E-state index contributed by atoms with van der Waals surface area (Å²) in [5.41, 5.74) is 0. The zero-order chi connectivity index (χ0) is 34.5. The van der Waals surface area contributed by atoms with Crippen molar-refractivity contribution in [3.8, 4) is 0 Å². The maximum absolute atomic E-state index is 12.3. The van der Waals surface area contributed by atoms with Crippen molar-refractivity contribution < 1.29 is 14.1 Å².